The van der Waals surface area contributed by atoms with Crippen LogP contribution in [0.4, 0.5) is 0 Å². The second kappa shape index (κ2) is 3.96. The average Bonchev–Trinajstić information content (AvgIpc) is 2.17. The fourth-order valence-electron chi connectivity index (χ4n) is 0.979. The predicted octanol–water partition coefficient (Wildman–Crippen LogP) is 0.133. The van der Waals surface area contributed by atoms with Crippen molar-refractivity contribution in [3.63, 3.8) is 0 Å². The molecule has 0 saturated carbocycles. The van der Waals surface area contributed by atoms with Crippen LogP contribution in [0.3, 0.4) is 0 Å². The minimum absolute atomic E-state index is 0.415. The Bertz CT molecular complexity index is 326. The number of alkyl halides is 1. The Morgan fingerprint density at radius 1 is 1.36 bits per heavy atom. The van der Waals surface area contributed by atoms with Crippen molar-refractivity contribution < 1.29 is 15.0 Å². The summed E-state index contributed by atoms with van der Waals surface area (Å²) in [7, 11) is 0. The first-order chi connectivity index (χ1) is 6.46. The smallest absolute Gasteiger partial charge is 0.279 e. The number of halogens is 1. The summed E-state index contributed by atoms with van der Waals surface area (Å²) in [5.41, 5.74) is 5.20. The molecule has 1 rings (SSSR count). The third-order valence-electron chi connectivity index (χ3n) is 1.81. The molecule has 0 spiro atoms. The van der Waals surface area contributed by atoms with E-state index in [1.807, 2.05) is 0 Å². The van der Waals surface area contributed by atoms with E-state index in [0.717, 1.165) is 0 Å². The zero-order valence-electron chi connectivity index (χ0n) is 7.22. The van der Waals surface area contributed by atoms with Crippen LogP contribution in [0, 0.1) is 0 Å². The largest absolute Gasteiger partial charge is 0.365 e. The fraction of sp³-hybridized carbons (Fsp3) is 0.222. The van der Waals surface area contributed by atoms with Crippen molar-refractivity contribution in [1.29, 1.82) is 0 Å². The number of benzene rings is 1. The van der Waals surface area contributed by atoms with E-state index in [9.17, 15) is 15.0 Å². The molecule has 0 radical (unpaired) electrons. The summed E-state index contributed by atoms with van der Waals surface area (Å²) in [6.45, 7) is 0. The predicted molar refractivity (Wildman–Crippen MR) is 51.4 cm³/mol. The fourth-order valence-corrected chi connectivity index (χ4v) is 1.23. The van der Waals surface area contributed by atoms with E-state index in [1.54, 1.807) is 30.3 Å². The van der Waals surface area contributed by atoms with Crippen LogP contribution in [0.5, 0.6) is 0 Å². The van der Waals surface area contributed by atoms with E-state index < -0.39 is 17.1 Å². The lowest BCUT2D eigenvalue weighted by Gasteiger charge is -2.23. The van der Waals surface area contributed by atoms with Crippen LogP contribution in [0.2, 0.25) is 0 Å². The zero-order valence-corrected chi connectivity index (χ0v) is 7.98. The molecule has 0 fully saturated rings. The molecule has 0 aliphatic carbocycles. The molecule has 0 heterocycles. The van der Waals surface area contributed by atoms with E-state index in [1.165, 1.54) is 0 Å². The highest BCUT2D eigenvalue weighted by Gasteiger charge is 2.40. The Balaban J connectivity index is 2.96. The van der Waals surface area contributed by atoms with Gasteiger partial charge in [-0.1, -0.05) is 30.3 Å². The summed E-state index contributed by atoms with van der Waals surface area (Å²) in [4.78, 5) is 10.7. The quantitative estimate of drug-likeness (QED) is 0.495. The molecule has 1 amide bonds. The summed E-state index contributed by atoms with van der Waals surface area (Å²) in [6.07, 6.45) is 0. The van der Waals surface area contributed by atoms with E-state index >= 15 is 0 Å². The van der Waals surface area contributed by atoms with Crippen LogP contribution in [0.1, 0.15) is 10.9 Å². The summed E-state index contributed by atoms with van der Waals surface area (Å²) in [5, 5.41) is 17.2. The summed E-state index contributed by atoms with van der Waals surface area (Å²) in [5.74, 6) is -4.01. The summed E-state index contributed by atoms with van der Waals surface area (Å²) < 4.78 is 0. The van der Waals surface area contributed by atoms with Crippen LogP contribution in [0.15, 0.2) is 30.3 Å². The molecule has 1 atom stereocenters. The second-order valence-electron chi connectivity index (χ2n) is 2.86. The molecule has 0 saturated heterocycles. The number of primary amides is 1. The number of carbonyl (C=O) groups excluding carboxylic acids is 1. The van der Waals surface area contributed by atoms with Crippen molar-refractivity contribution in [1.82, 2.24) is 0 Å². The molecule has 4 N–H and O–H groups in total. The van der Waals surface area contributed by atoms with Gasteiger partial charge in [-0.3, -0.25) is 4.79 Å². The van der Waals surface area contributed by atoms with Crippen molar-refractivity contribution in [2.24, 2.45) is 5.73 Å². The van der Waals surface area contributed by atoms with Gasteiger partial charge in [-0.25, -0.2) is 0 Å². The first kappa shape index (κ1) is 11.0. The molecule has 1 unspecified atom stereocenters. The van der Waals surface area contributed by atoms with Crippen LogP contribution >= 0.6 is 11.6 Å². The Morgan fingerprint density at radius 2 is 1.86 bits per heavy atom. The first-order valence-corrected chi connectivity index (χ1v) is 4.33. The van der Waals surface area contributed by atoms with Crippen molar-refractivity contribution in [3.05, 3.63) is 35.9 Å². The summed E-state index contributed by atoms with van der Waals surface area (Å²) >= 11 is 5.69. The standard InChI is InChI=1S/C9H10ClNO3/c10-7(9(13,14)8(11)12)6-4-2-1-3-5-6/h1-5,7,13-14H,(H2,11,12). The molecule has 76 valence electrons. The van der Waals surface area contributed by atoms with Crippen molar-refractivity contribution in [2.45, 2.75) is 11.2 Å². The lowest BCUT2D eigenvalue weighted by molar-refractivity contribution is -0.182. The van der Waals surface area contributed by atoms with Gasteiger partial charge in [0.25, 0.3) is 11.7 Å². The van der Waals surface area contributed by atoms with Gasteiger partial charge in [0.05, 0.1) is 0 Å². The van der Waals surface area contributed by atoms with Gasteiger partial charge in [0.1, 0.15) is 5.38 Å². The van der Waals surface area contributed by atoms with Crippen LogP contribution < -0.4 is 5.73 Å². The minimum Gasteiger partial charge on any atom is -0.365 e. The van der Waals surface area contributed by atoms with Gasteiger partial charge in [0.2, 0.25) is 0 Å². The molecule has 5 heteroatoms. The zero-order chi connectivity index (χ0) is 10.8. The second-order valence-corrected chi connectivity index (χ2v) is 3.30. The van der Waals surface area contributed by atoms with Gasteiger partial charge in [-0.2, -0.15) is 0 Å². The van der Waals surface area contributed by atoms with Crippen LogP contribution in [-0.4, -0.2) is 21.9 Å². The number of rotatable bonds is 3. The number of nitrogens with two attached hydrogens (primary N) is 1. The SMILES string of the molecule is NC(=O)C(O)(O)C(Cl)c1ccccc1. The van der Waals surface area contributed by atoms with Crippen molar-refractivity contribution >= 4 is 17.5 Å². The van der Waals surface area contributed by atoms with Gasteiger partial charge in [-0.15, -0.1) is 11.6 Å². The Hall–Kier alpha value is -1.10. The van der Waals surface area contributed by atoms with E-state index in [0.29, 0.717) is 5.56 Å². The maximum atomic E-state index is 10.7. The maximum absolute atomic E-state index is 10.7. The third kappa shape index (κ3) is 2.04. The van der Waals surface area contributed by atoms with Gasteiger partial charge in [0.15, 0.2) is 0 Å². The molecule has 0 aliphatic heterocycles. The highest BCUT2D eigenvalue weighted by atomic mass is 35.5. The van der Waals surface area contributed by atoms with Gasteiger partial charge >= 0.3 is 0 Å². The van der Waals surface area contributed by atoms with Gasteiger partial charge < -0.3 is 15.9 Å². The van der Waals surface area contributed by atoms with Crippen LogP contribution in [-0.2, 0) is 4.79 Å². The van der Waals surface area contributed by atoms with Gasteiger partial charge in [-0.05, 0) is 5.56 Å². The molecule has 0 aliphatic rings. The third-order valence-corrected chi connectivity index (χ3v) is 2.36. The molecule has 0 bridgehead atoms. The molecule has 1 aromatic rings. The number of hydrogen-bond acceptors (Lipinski definition) is 3. The number of amides is 1. The molecule has 0 aromatic heterocycles. The van der Waals surface area contributed by atoms with E-state index in [-0.39, 0.29) is 0 Å². The van der Waals surface area contributed by atoms with Crippen molar-refractivity contribution in [3.8, 4) is 0 Å². The minimum atomic E-state index is -2.73. The maximum Gasteiger partial charge on any atom is 0.279 e. The summed E-state index contributed by atoms with van der Waals surface area (Å²) in [6, 6.07) is 8.22. The molecule has 4 nitrogen and oxygen atoms in total. The van der Waals surface area contributed by atoms with E-state index in [2.05, 4.69) is 0 Å². The Kier molecular flexibility index (Phi) is 3.10. The molecule has 14 heavy (non-hydrogen) atoms. The van der Waals surface area contributed by atoms with Crippen LogP contribution in [0.25, 0.3) is 0 Å². The molecular formula is C9H10ClNO3. The normalized spacial score (nSPS) is 13.6. The average molecular weight is 216 g/mol. The van der Waals surface area contributed by atoms with Gasteiger partial charge in [0, 0.05) is 0 Å². The Labute approximate surface area is 85.9 Å². The number of hydrogen-bond donors (Lipinski definition) is 3. The molecule has 1 aromatic carbocycles. The molecular weight excluding hydrogens is 206 g/mol. The monoisotopic (exact) mass is 215 g/mol. The lowest BCUT2D eigenvalue weighted by Crippen LogP contribution is -2.47. The lowest BCUT2D eigenvalue weighted by atomic mass is 10.0. The number of aliphatic hydroxyl groups is 2. The van der Waals surface area contributed by atoms with E-state index in [4.69, 9.17) is 17.3 Å². The topological polar surface area (TPSA) is 83.6 Å². The van der Waals surface area contributed by atoms with Crippen molar-refractivity contribution in [2.75, 3.05) is 0 Å². The highest BCUT2D eigenvalue weighted by Crippen LogP contribution is 2.30. The highest BCUT2D eigenvalue weighted by molar-refractivity contribution is 6.23. The first-order valence-electron chi connectivity index (χ1n) is 3.90. The number of carbonyl (C=O) groups is 1. The Morgan fingerprint density at radius 3 is 2.29 bits per heavy atom.